The van der Waals surface area contributed by atoms with Crippen LogP contribution in [-0.4, -0.2) is 28.8 Å². The summed E-state index contributed by atoms with van der Waals surface area (Å²) < 4.78 is 0. The first-order chi connectivity index (χ1) is 16.5. The van der Waals surface area contributed by atoms with Crippen molar-refractivity contribution in [3.63, 3.8) is 0 Å². The van der Waals surface area contributed by atoms with Crippen LogP contribution in [0.2, 0.25) is 5.02 Å². The normalized spacial score (nSPS) is 12.6. The van der Waals surface area contributed by atoms with Crippen LogP contribution in [0.5, 0.6) is 0 Å². The number of aryl methyl sites for hydroxylation is 1. The third-order valence-corrected chi connectivity index (χ3v) is 6.40. The smallest absolute Gasteiger partial charge is 0.243 e. The highest BCUT2D eigenvalue weighted by atomic mass is 35.5. The van der Waals surface area contributed by atoms with Crippen molar-refractivity contribution in [2.75, 3.05) is 0 Å². The Morgan fingerprint density at radius 3 is 2.09 bits per heavy atom. The van der Waals surface area contributed by atoms with Crippen LogP contribution in [0.4, 0.5) is 0 Å². The minimum atomic E-state index is -0.615. The molecule has 0 aliphatic heterocycles. The number of nitrogens with one attached hydrogen (secondary N) is 1. The highest BCUT2D eigenvalue weighted by Gasteiger charge is 2.30. The van der Waals surface area contributed by atoms with Gasteiger partial charge in [0.05, 0.1) is 0 Å². The molecule has 3 aromatic rings. The van der Waals surface area contributed by atoms with E-state index in [2.05, 4.69) is 5.32 Å². The van der Waals surface area contributed by atoms with E-state index in [0.29, 0.717) is 24.4 Å². The predicted octanol–water partition coefficient (Wildman–Crippen LogP) is 5.83. The number of amides is 2. The molecule has 178 valence electrons. The highest BCUT2D eigenvalue weighted by molar-refractivity contribution is 6.31. The van der Waals surface area contributed by atoms with Crippen LogP contribution in [0.25, 0.3) is 0 Å². The summed E-state index contributed by atoms with van der Waals surface area (Å²) in [7, 11) is 0. The van der Waals surface area contributed by atoms with Crippen molar-refractivity contribution in [2.45, 2.75) is 58.2 Å². The van der Waals surface area contributed by atoms with Gasteiger partial charge in [0.2, 0.25) is 11.8 Å². The van der Waals surface area contributed by atoms with Crippen LogP contribution in [-0.2, 0) is 29.0 Å². The molecule has 0 radical (unpaired) electrons. The lowest BCUT2D eigenvalue weighted by Gasteiger charge is -2.32. The van der Waals surface area contributed by atoms with Crippen LogP contribution in [0.1, 0.15) is 43.4 Å². The summed E-state index contributed by atoms with van der Waals surface area (Å²) in [5, 5.41) is 3.75. The molecular weight excluding hydrogens is 444 g/mol. The van der Waals surface area contributed by atoms with Crippen LogP contribution < -0.4 is 5.32 Å². The summed E-state index contributed by atoms with van der Waals surface area (Å²) >= 11 is 6.32. The highest BCUT2D eigenvalue weighted by Crippen LogP contribution is 2.20. The zero-order valence-electron chi connectivity index (χ0n) is 19.9. The number of hydrogen-bond donors (Lipinski definition) is 1. The molecule has 0 heterocycles. The monoisotopic (exact) mass is 476 g/mol. The molecular formula is C29H33ClN2O2. The number of benzene rings is 3. The lowest BCUT2D eigenvalue weighted by molar-refractivity contribution is -0.141. The Hall–Kier alpha value is -3.11. The van der Waals surface area contributed by atoms with Gasteiger partial charge in [-0.25, -0.2) is 0 Å². The lowest BCUT2D eigenvalue weighted by atomic mass is 10.0. The summed E-state index contributed by atoms with van der Waals surface area (Å²) in [5.74, 6) is -0.191. The number of rotatable bonds is 11. The first-order valence-corrected chi connectivity index (χ1v) is 12.3. The fraction of sp³-hybridized carbons (Fsp3) is 0.310. The summed E-state index contributed by atoms with van der Waals surface area (Å²) in [5.41, 5.74) is 2.94. The molecule has 2 atom stereocenters. The van der Waals surface area contributed by atoms with Gasteiger partial charge in [-0.05, 0) is 42.5 Å². The largest absolute Gasteiger partial charge is 0.352 e. The molecule has 0 spiro atoms. The second-order valence-electron chi connectivity index (χ2n) is 8.62. The van der Waals surface area contributed by atoms with E-state index in [0.717, 1.165) is 23.1 Å². The van der Waals surface area contributed by atoms with Crippen molar-refractivity contribution in [1.82, 2.24) is 10.2 Å². The van der Waals surface area contributed by atoms with E-state index in [1.165, 1.54) is 0 Å². The SMILES string of the molecule is CC[C@@H](C)NC(=O)[C@H](Cc1ccccc1)N(Cc1ccccc1)C(=O)CCc1ccccc1Cl. The average Bonchev–Trinajstić information content (AvgIpc) is 2.86. The van der Waals surface area contributed by atoms with Crippen molar-refractivity contribution >= 4 is 23.4 Å². The van der Waals surface area contributed by atoms with Gasteiger partial charge < -0.3 is 10.2 Å². The second kappa shape index (κ2) is 13.0. The minimum Gasteiger partial charge on any atom is -0.352 e. The minimum absolute atomic E-state index is 0.0302. The third kappa shape index (κ3) is 7.46. The van der Waals surface area contributed by atoms with Gasteiger partial charge in [0, 0.05) is 30.5 Å². The Bertz CT molecular complexity index is 1060. The Balaban J connectivity index is 1.90. The summed E-state index contributed by atoms with van der Waals surface area (Å²) in [6.45, 7) is 4.39. The zero-order valence-corrected chi connectivity index (χ0v) is 20.7. The summed E-state index contributed by atoms with van der Waals surface area (Å²) in [4.78, 5) is 28.8. The molecule has 0 unspecified atom stereocenters. The topological polar surface area (TPSA) is 49.4 Å². The first-order valence-electron chi connectivity index (χ1n) is 11.9. The van der Waals surface area contributed by atoms with Crippen LogP contribution in [0.15, 0.2) is 84.9 Å². The Morgan fingerprint density at radius 1 is 0.882 bits per heavy atom. The van der Waals surface area contributed by atoms with E-state index in [-0.39, 0.29) is 24.3 Å². The van der Waals surface area contributed by atoms with Gasteiger partial charge in [0.1, 0.15) is 6.04 Å². The molecule has 0 saturated heterocycles. The van der Waals surface area contributed by atoms with Gasteiger partial charge in [-0.2, -0.15) is 0 Å². The quantitative estimate of drug-likeness (QED) is 0.378. The number of halogens is 1. The Labute approximate surface area is 207 Å². The fourth-order valence-corrected chi connectivity index (χ4v) is 4.09. The maximum absolute atomic E-state index is 13.6. The van der Waals surface area contributed by atoms with Gasteiger partial charge >= 0.3 is 0 Å². The van der Waals surface area contributed by atoms with Gasteiger partial charge in [0.15, 0.2) is 0 Å². The fourth-order valence-electron chi connectivity index (χ4n) is 3.86. The second-order valence-corrected chi connectivity index (χ2v) is 9.03. The summed E-state index contributed by atoms with van der Waals surface area (Å²) in [6.07, 6.45) is 2.07. The number of nitrogens with zero attached hydrogens (tertiary/aromatic N) is 1. The molecule has 5 heteroatoms. The van der Waals surface area contributed by atoms with Gasteiger partial charge in [0.25, 0.3) is 0 Å². The molecule has 3 rings (SSSR count). The van der Waals surface area contributed by atoms with Crippen molar-refractivity contribution in [3.8, 4) is 0 Å². The summed E-state index contributed by atoms with van der Waals surface area (Å²) in [6, 6.07) is 26.7. The molecule has 1 N–H and O–H groups in total. The molecule has 0 saturated carbocycles. The van der Waals surface area contributed by atoms with Gasteiger partial charge in [-0.1, -0.05) is 97.4 Å². The van der Waals surface area contributed by atoms with E-state index >= 15 is 0 Å². The predicted molar refractivity (Wildman–Crippen MR) is 139 cm³/mol. The van der Waals surface area contributed by atoms with Crippen molar-refractivity contribution in [3.05, 3.63) is 107 Å². The van der Waals surface area contributed by atoms with E-state index in [1.807, 2.05) is 98.8 Å². The molecule has 0 fully saturated rings. The van der Waals surface area contributed by atoms with Gasteiger partial charge in [-0.15, -0.1) is 0 Å². The maximum atomic E-state index is 13.6. The van der Waals surface area contributed by atoms with Crippen molar-refractivity contribution in [1.29, 1.82) is 0 Å². The molecule has 4 nitrogen and oxygen atoms in total. The maximum Gasteiger partial charge on any atom is 0.243 e. The average molecular weight is 477 g/mol. The van der Waals surface area contributed by atoms with Crippen molar-refractivity contribution in [2.24, 2.45) is 0 Å². The van der Waals surface area contributed by atoms with Crippen LogP contribution in [0.3, 0.4) is 0 Å². The van der Waals surface area contributed by atoms with Gasteiger partial charge in [-0.3, -0.25) is 9.59 Å². The molecule has 2 amide bonds. The van der Waals surface area contributed by atoms with Crippen LogP contribution in [0, 0.1) is 0 Å². The van der Waals surface area contributed by atoms with E-state index in [9.17, 15) is 9.59 Å². The molecule has 0 aliphatic rings. The van der Waals surface area contributed by atoms with E-state index in [4.69, 9.17) is 11.6 Å². The molecule has 0 aliphatic carbocycles. The standard InChI is InChI=1S/C29H33ClN2O2/c1-3-22(2)31-29(34)27(20-23-12-6-4-7-13-23)32(21-24-14-8-5-9-15-24)28(33)19-18-25-16-10-11-17-26(25)30/h4-17,22,27H,3,18-21H2,1-2H3,(H,31,34)/t22-,27+/m1/s1. The lowest BCUT2D eigenvalue weighted by Crippen LogP contribution is -2.52. The Kier molecular flexibility index (Phi) is 9.72. The molecule has 0 aromatic heterocycles. The number of carbonyl (C=O) groups excluding carboxylic acids is 2. The number of carbonyl (C=O) groups is 2. The molecule has 3 aromatic carbocycles. The Morgan fingerprint density at radius 2 is 1.47 bits per heavy atom. The van der Waals surface area contributed by atoms with Crippen LogP contribution >= 0.6 is 11.6 Å². The molecule has 34 heavy (non-hydrogen) atoms. The molecule has 0 bridgehead atoms. The first kappa shape index (κ1) is 25.5. The third-order valence-electron chi connectivity index (χ3n) is 6.03. The van der Waals surface area contributed by atoms with E-state index in [1.54, 1.807) is 4.90 Å². The van der Waals surface area contributed by atoms with E-state index < -0.39 is 6.04 Å². The zero-order chi connectivity index (χ0) is 24.3. The number of hydrogen-bond acceptors (Lipinski definition) is 2. The van der Waals surface area contributed by atoms with Crippen molar-refractivity contribution < 1.29 is 9.59 Å².